The van der Waals surface area contributed by atoms with Gasteiger partial charge in [0.1, 0.15) is 0 Å². The third kappa shape index (κ3) is 5.21. The number of rotatable bonds is 7. The highest BCUT2D eigenvalue weighted by molar-refractivity contribution is 5.92. The molecule has 1 aliphatic rings. The summed E-state index contributed by atoms with van der Waals surface area (Å²) >= 11 is 0. The Labute approximate surface area is 180 Å². The van der Waals surface area contributed by atoms with Crippen LogP contribution in [0.15, 0.2) is 35.9 Å². The smallest absolute Gasteiger partial charge is 0.251 e. The van der Waals surface area contributed by atoms with E-state index in [1.54, 1.807) is 0 Å². The summed E-state index contributed by atoms with van der Waals surface area (Å²) < 4.78 is 25.4. The summed E-state index contributed by atoms with van der Waals surface area (Å²) in [4.78, 5) is 5.59. The van der Waals surface area contributed by atoms with Crippen molar-refractivity contribution in [2.75, 3.05) is 19.6 Å². The molecule has 30 heavy (non-hydrogen) atoms. The van der Waals surface area contributed by atoms with Gasteiger partial charge in [-0.25, -0.2) is 8.78 Å². The molecule has 0 bridgehead atoms. The minimum atomic E-state index is -2.24. The molecule has 1 fully saturated rings. The lowest BCUT2D eigenvalue weighted by Gasteiger charge is -2.32. The Morgan fingerprint density at radius 2 is 1.90 bits per heavy atom. The summed E-state index contributed by atoms with van der Waals surface area (Å²) in [6.45, 7) is 12.4. The summed E-state index contributed by atoms with van der Waals surface area (Å²) in [6, 6.07) is 6.78. The molecule has 2 nitrogen and oxygen atoms in total. The number of fused-ring (bicyclic) bond motifs is 1. The highest BCUT2D eigenvalue weighted by atomic mass is 19.3. The lowest BCUT2D eigenvalue weighted by Crippen LogP contribution is -2.36. The van der Waals surface area contributed by atoms with Gasteiger partial charge in [-0.2, -0.15) is 0 Å². The Hall–Kier alpha value is -1.94. The van der Waals surface area contributed by atoms with Crippen molar-refractivity contribution >= 4 is 16.5 Å². The maximum Gasteiger partial charge on any atom is 0.251 e. The van der Waals surface area contributed by atoms with Gasteiger partial charge in [0.2, 0.25) is 0 Å². The van der Waals surface area contributed by atoms with Crippen molar-refractivity contribution in [3.63, 3.8) is 0 Å². The monoisotopic (exact) mass is 414 g/mol. The molecule has 0 saturated carbocycles. The van der Waals surface area contributed by atoms with Crippen LogP contribution >= 0.6 is 0 Å². The maximum atomic E-state index is 12.7. The number of piperidine rings is 1. The van der Waals surface area contributed by atoms with Gasteiger partial charge < -0.3 is 4.98 Å². The van der Waals surface area contributed by atoms with Crippen molar-refractivity contribution in [2.45, 2.75) is 72.1 Å². The van der Waals surface area contributed by atoms with E-state index < -0.39 is 6.43 Å². The summed E-state index contributed by atoms with van der Waals surface area (Å²) in [5.74, 6) is 0.854. The molecule has 1 aromatic heterocycles. The van der Waals surface area contributed by atoms with Crippen LogP contribution in [0.5, 0.6) is 0 Å². The number of nitrogens with zero attached hydrogens (tertiary/aromatic N) is 1. The van der Waals surface area contributed by atoms with Crippen LogP contribution in [-0.2, 0) is 0 Å². The van der Waals surface area contributed by atoms with E-state index in [9.17, 15) is 8.78 Å². The first kappa shape index (κ1) is 22.7. The van der Waals surface area contributed by atoms with Crippen molar-refractivity contribution in [1.29, 1.82) is 0 Å². The number of nitrogens with one attached hydrogen (secondary N) is 1. The van der Waals surface area contributed by atoms with Crippen LogP contribution in [0.3, 0.4) is 0 Å². The van der Waals surface area contributed by atoms with Crippen LogP contribution in [0.25, 0.3) is 16.5 Å². The van der Waals surface area contributed by atoms with E-state index in [1.807, 2.05) is 4.90 Å². The second-order valence-corrected chi connectivity index (χ2v) is 9.13. The molecular weight excluding hydrogens is 378 g/mol. The first-order chi connectivity index (χ1) is 14.3. The number of hydrogen-bond acceptors (Lipinski definition) is 1. The number of hydrogen-bond donors (Lipinski definition) is 1. The van der Waals surface area contributed by atoms with Crippen molar-refractivity contribution in [3.05, 3.63) is 52.7 Å². The second kappa shape index (κ2) is 9.91. The van der Waals surface area contributed by atoms with Gasteiger partial charge in [-0.1, -0.05) is 44.6 Å². The van der Waals surface area contributed by atoms with E-state index in [-0.39, 0.29) is 6.54 Å². The SMILES string of the molecule is CC/C=C(\C=C(C)C)c1[nH]c2ccc(C3CCN(CC(F)F)CC3)cc2c1C(C)C. The molecule has 2 heterocycles. The van der Waals surface area contributed by atoms with Crippen molar-refractivity contribution in [3.8, 4) is 0 Å². The van der Waals surface area contributed by atoms with E-state index in [1.165, 1.54) is 38.9 Å². The molecule has 0 atom stereocenters. The van der Waals surface area contributed by atoms with Gasteiger partial charge in [-0.15, -0.1) is 0 Å². The van der Waals surface area contributed by atoms with Crippen LogP contribution < -0.4 is 0 Å². The van der Waals surface area contributed by atoms with Gasteiger partial charge in [0.15, 0.2) is 0 Å². The molecule has 1 aliphatic heterocycles. The molecule has 1 N–H and O–H groups in total. The third-order valence-corrected chi connectivity index (χ3v) is 6.05. The Morgan fingerprint density at radius 1 is 1.20 bits per heavy atom. The Balaban J connectivity index is 1.96. The number of halogens is 2. The van der Waals surface area contributed by atoms with E-state index in [4.69, 9.17) is 0 Å². The number of allylic oxidation sites excluding steroid dienone is 4. The van der Waals surface area contributed by atoms with E-state index in [0.29, 0.717) is 11.8 Å². The minimum absolute atomic E-state index is 0.0959. The number of H-pyrrole nitrogens is 1. The van der Waals surface area contributed by atoms with Gasteiger partial charge in [0, 0.05) is 16.6 Å². The Kier molecular flexibility index (Phi) is 7.51. The van der Waals surface area contributed by atoms with E-state index in [0.717, 1.165) is 32.4 Å². The molecule has 0 radical (unpaired) electrons. The topological polar surface area (TPSA) is 19.0 Å². The first-order valence-corrected chi connectivity index (χ1v) is 11.3. The lowest BCUT2D eigenvalue weighted by molar-refractivity contribution is 0.0754. The van der Waals surface area contributed by atoms with E-state index >= 15 is 0 Å². The van der Waals surface area contributed by atoms with Crippen LogP contribution in [0, 0.1) is 0 Å². The van der Waals surface area contributed by atoms with Crippen molar-refractivity contribution < 1.29 is 8.78 Å². The average Bonchev–Trinajstić information content (AvgIpc) is 3.06. The summed E-state index contributed by atoms with van der Waals surface area (Å²) in [7, 11) is 0. The molecule has 0 spiro atoms. The number of aromatic amines is 1. The quantitative estimate of drug-likeness (QED) is 0.465. The highest BCUT2D eigenvalue weighted by Crippen LogP contribution is 2.37. The maximum absolute atomic E-state index is 12.7. The predicted molar refractivity (Wildman–Crippen MR) is 125 cm³/mol. The fourth-order valence-electron chi connectivity index (χ4n) is 4.72. The van der Waals surface area contributed by atoms with Crippen LogP contribution in [0.2, 0.25) is 0 Å². The molecule has 4 heteroatoms. The zero-order valence-corrected chi connectivity index (χ0v) is 19.1. The van der Waals surface area contributed by atoms with Gasteiger partial charge in [0.05, 0.1) is 6.54 Å². The molecule has 3 rings (SSSR count). The normalized spacial score (nSPS) is 16.8. The number of benzene rings is 1. The van der Waals surface area contributed by atoms with Crippen LogP contribution in [0.4, 0.5) is 8.78 Å². The molecule has 0 amide bonds. The largest absolute Gasteiger partial charge is 0.354 e. The average molecular weight is 415 g/mol. The number of likely N-dealkylation sites (tertiary alicyclic amines) is 1. The van der Waals surface area contributed by atoms with Crippen molar-refractivity contribution in [2.24, 2.45) is 0 Å². The summed E-state index contributed by atoms with van der Waals surface area (Å²) in [6.07, 6.45) is 5.21. The molecular formula is C26H36F2N2. The summed E-state index contributed by atoms with van der Waals surface area (Å²) in [5.41, 5.74) is 7.68. The van der Waals surface area contributed by atoms with E-state index in [2.05, 4.69) is 70.0 Å². The number of alkyl halides is 2. The number of aromatic nitrogens is 1. The van der Waals surface area contributed by atoms with Gasteiger partial charge in [0.25, 0.3) is 6.43 Å². The minimum Gasteiger partial charge on any atom is -0.354 e. The molecule has 1 saturated heterocycles. The Bertz CT molecular complexity index is 909. The fourth-order valence-corrected chi connectivity index (χ4v) is 4.72. The van der Waals surface area contributed by atoms with Gasteiger partial charge in [-0.3, -0.25) is 4.90 Å². The van der Waals surface area contributed by atoms with Crippen LogP contribution in [-0.4, -0.2) is 35.9 Å². The predicted octanol–water partition coefficient (Wildman–Crippen LogP) is 7.50. The first-order valence-electron chi connectivity index (χ1n) is 11.3. The standard InChI is InChI=1S/C26H36F2N2/c1-6-7-21(14-17(2)3)26-25(18(4)5)22-15-20(8-9-23(22)29-26)19-10-12-30(13-11-19)16-24(27)28/h7-9,14-15,18-19,24,29H,6,10-13,16H2,1-5H3/b21-7+. The zero-order valence-electron chi connectivity index (χ0n) is 19.1. The molecule has 164 valence electrons. The van der Waals surface area contributed by atoms with Crippen molar-refractivity contribution in [1.82, 2.24) is 9.88 Å². The summed E-state index contributed by atoms with van der Waals surface area (Å²) in [5, 5.41) is 1.30. The lowest BCUT2D eigenvalue weighted by atomic mass is 9.87. The molecule has 0 unspecified atom stereocenters. The fraction of sp³-hybridized carbons (Fsp3) is 0.538. The molecule has 2 aromatic rings. The molecule has 1 aromatic carbocycles. The third-order valence-electron chi connectivity index (χ3n) is 6.05. The highest BCUT2D eigenvalue weighted by Gasteiger charge is 2.24. The Morgan fingerprint density at radius 3 is 2.47 bits per heavy atom. The van der Waals surface area contributed by atoms with Crippen LogP contribution in [0.1, 0.15) is 82.5 Å². The second-order valence-electron chi connectivity index (χ2n) is 9.13. The molecule has 0 aliphatic carbocycles. The van der Waals surface area contributed by atoms with Gasteiger partial charge >= 0.3 is 0 Å². The van der Waals surface area contributed by atoms with Gasteiger partial charge in [-0.05, 0) is 86.9 Å². The zero-order chi connectivity index (χ0) is 21.8.